The number of hydrogen-bond acceptors (Lipinski definition) is 5. The van der Waals surface area contributed by atoms with Gasteiger partial charge < -0.3 is 10.6 Å². The normalized spacial score (nSPS) is 18.9. The maximum atomic E-state index is 4.26. The first kappa shape index (κ1) is 13.8. The highest BCUT2D eigenvalue weighted by atomic mass is 32.2. The predicted octanol–water partition coefficient (Wildman–Crippen LogP) is 2.56. The number of anilines is 1. The Kier molecular flexibility index (Phi) is 4.69. The van der Waals surface area contributed by atoms with Gasteiger partial charge in [0.25, 0.3) is 0 Å². The highest BCUT2D eigenvalue weighted by molar-refractivity contribution is 8.02. The van der Waals surface area contributed by atoms with Crippen molar-refractivity contribution < 1.29 is 0 Å². The lowest BCUT2D eigenvalue weighted by Crippen LogP contribution is -2.15. The largest absolute Gasteiger partial charge is 0.366 e. The molecule has 0 spiro atoms. The topological polar surface area (TPSA) is 49.8 Å². The third-order valence-electron chi connectivity index (χ3n) is 2.73. The van der Waals surface area contributed by atoms with Crippen molar-refractivity contribution >= 4 is 17.7 Å². The van der Waals surface area contributed by atoms with Crippen molar-refractivity contribution in [1.29, 1.82) is 0 Å². The zero-order valence-corrected chi connectivity index (χ0v) is 12.2. The van der Waals surface area contributed by atoms with Gasteiger partial charge >= 0.3 is 0 Å². The van der Waals surface area contributed by atoms with E-state index in [1.54, 1.807) is 24.2 Å². The molecule has 0 aliphatic carbocycles. The van der Waals surface area contributed by atoms with Crippen LogP contribution in [0, 0.1) is 11.8 Å². The maximum Gasteiger partial charge on any atom is 0.222 e. The van der Waals surface area contributed by atoms with Crippen LogP contribution in [0.5, 0.6) is 0 Å². The van der Waals surface area contributed by atoms with E-state index < -0.39 is 0 Å². The average Bonchev–Trinajstić information content (AvgIpc) is 2.83. The van der Waals surface area contributed by atoms with E-state index >= 15 is 0 Å². The molecule has 100 valence electrons. The Labute approximate surface area is 118 Å². The fourth-order valence-electron chi connectivity index (χ4n) is 1.45. The second kappa shape index (κ2) is 6.48. The molecule has 0 radical (unpaired) electrons. The quantitative estimate of drug-likeness (QED) is 0.830. The first-order valence-corrected chi connectivity index (χ1v) is 7.34. The molecule has 0 bridgehead atoms. The van der Waals surface area contributed by atoms with E-state index in [0.29, 0.717) is 17.4 Å². The van der Waals surface area contributed by atoms with E-state index in [4.69, 9.17) is 0 Å². The van der Waals surface area contributed by atoms with E-state index in [1.165, 1.54) is 0 Å². The van der Waals surface area contributed by atoms with Crippen molar-refractivity contribution in [3.05, 3.63) is 29.1 Å². The van der Waals surface area contributed by atoms with Crippen LogP contribution in [0.25, 0.3) is 0 Å². The van der Waals surface area contributed by atoms with Crippen molar-refractivity contribution in [2.45, 2.75) is 38.6 Å². The second-order valence-corrected chi connectivity index (χ2v) is 5.67. The van der Waals surface area contributed by atoms with Crippen LogP contribution in [0.3, 0.4) is 0 Å². The number of nitrogens with zero attached hydrogens (tertiary/aromatic N) is 2. The smallest absolute Gasteiger partial charge is 0.222 e. The average molecular weight is 274 g/mol. The van der Waals surface area contributed by atoms with Gasteiger partial charge in [-0.05, 0) is 26.2 Å². The summed E-state index contributed by atoms with van der Waals surface area (Å²) in [6, 6.07) is 0.378. The zero-order valence-electron chi connectivity index (χ0n) is 11.4. The molecule has 2 heterocycles. The second-order valence-electron chi connectivity index (χ2n) is 4.45. The van der Waals surface area contributed by atoms with Gasteiger partial charge in [-0.3, -0.25) is 0 Å². The molecule has 0 saturated carbocycles. The van der Waals surface area contributed by atoms with Crippen LogP contribution in [0.2, 0.25) is 0 Å². The van der Waals surface area contributed by atoms with Gasteiger partial charge in [0.05, 0.1) is 16.6 Å². The van der Waals surface area contributed by atoms with Crippen molar-refractivity contribution in [2.24, 2.45) is 0 Å². The lowest BCUT2D eigenvalue weighted by molar-refractivity contribution is 0.752. The SMILES string of the molecule is CCC(C)Nc1ncc(C#CC2=CSC(C)N2)cn1. The number of thioether (sulfide) groups is 1. The van der Waals surface area contributed by atoms with Crippen molar-refractivity contribution in [2.75, 3.05) is 5.32 Å². The van der Waals surface area contributed by atoms with E-state index in [0.717, 1.165) is 17.7 Å². The molecule has 0 aromatic carbocycles. The lowest BCUT2D eigenvalue weighted by atomic mass is 10.3. The van der Waals surface area contributed by atoms with E-state index in [2.05, 4.69) is 53.2 Å². The fraction of sp³-hybridized carbons (Fsp3) is 0.429. The van der Waals surface area contributed by atoms with E-state index in [9.17, 15) is 0 Å². The number of aromatic nitrogens is 2. The summed E-state index contributed by atoms with van der Waals surface area (Å²) in [7, 11) is 0. The molecular weight excluding hydrogens is 256 g/mol. The lowest BCUT2D eigenvalue weighted by Gasteiger charge is -2.10. The van der Waals surface area contributed by atoms with Crippen LogP contribution >= 0.6 is 11.8 Å². The maximum absolute atomic E-state index is 4.26. The van der Waals surface area contributed by atoms with Gasteiger partial charge in [0, 0.05) is 23.8 Å². The summed E-state index contributed by atoms with van der Waals surface area (Å²) in [4.78, 5) is 8.51. The molecule has 0 saturated heterocycles. The van der Waals surface area contributed by atoms with Crippen LogP contribution in [0.15, 0.2) is 23.5 Å². The van der Waals surface area contributed by atoms with Crippen molar-refractivity contribution in [3.8, 4) is 11.8 Å². The molecule has 4 nitrogen and oxygen atoms in total. The Hall–Kier alpha value is -1.67. The zero-order chi connectivity index (χ0) is 13.7. The summed E-state index contributed by atoms with van der Waals surface area (Å²) < 4.78 is 0. The van der Waals surface area contributed by atoms with Crippen LogP contribution in [0.4, 0.5) is 5.95 Å². The Morgan fingerprint density at radius 3 is 2.74 bits per heavy atom. The number of hydrogen-bond donors (Lipinski definition) is 2. The third kappa shape index (κ3) is 4.18. The van der Waals surface area contributed by atoms with Crippen LogP contribution in [-0.2, 0) is 0 Å². The molecule has 0 amide bonds. The summed E-state index contributed by atoms with van der Waals surface area (Å²) >= 11 is 1.74. The molecule has 1 aliphatic heterocycles. The Bertz CT molecular complexity index is 512. The number of nitrogens with one attached hydrogen (secondary N) is 2. The number of allylic oxidation sites excluding steroid dienone is 1. The molecular formula is C14H18N4S. The molecule has 2 unspecified atom stereocenters. The standard InChI is InChI=1S/C14H18N4S/c1-4-10(2)17-14-15-7-12(8-16-14)5-6-13-9-19-11(3)18-13/h7-11,18H,4H2,1-3H3,(H,15,16,17). The van der Waals surface area contributed by atoms with Crippen molar-refractivity contribution in [1.82, 2.24) is 15.3 Å². The molecule has 19 heavy (non-hydrogen) atoms. The summed E-state index contributed by atoms with van der Waals surface area (Å²) in [5, 5.41) is 8.94. The minimum atomic E-state index is 0.378. The van der Waals surface area contributed by atoms with E-state index in [-0.39, 0.29) is 0 Å². The first-order valence-electron chi connectivity index (χ1n) is 6.40. The molecule has 1 aromatic rings. The minimum Gasteiger partial charge on any atom is -0.366 e. The summed E-state index contributed by atoms with van der Waals surface area (Å²) in [6.07, 6.45) is 4.54. The molecule has 2 rings (SSSR count). The predicted molar refractivity (Wildman–Crippen MR) is 80.6 cm³/mol. The van der Waals surface area contributed by atoms with Gasteiger partial charge in [-0.25, -0.2) is 9.97 Å². The molecule has 2 atom stereocenters. The van der Waals surface area contributed by atoms with Gasteiger partial charge in [0.1, 0.15) is 0 Å². The monoisotopic (exact) mass is 274 g/mol. The Morgan fingerprint density at radius 1 is 1.42 bits per heavy atom. The number of rotatable bonds is 3. The molecule has 2 N–H and O–H groups in total. The van der Waals surface area contributed by atoms with Crippen LogP contribution < -0.4 is 10.6 Å². The summed E-state index contributed by atoms with van der Waals surface area (Å²) in [5.74, 6) is 6.79. The Morgan fingerprint density at radius 2 is 2.16 bits per heavy atom. The van der Waals surface area contributed by atoms with Crippen LogP contribution in [-0.4, -0.2) is 21.4 Å². The molecule has 1 aromatic heterocycles. The fourth-order valence-corrected chi connectivity index (χ4v) is 2.11. The first-order chi connectivity index (χ1) is 9.17. The molecule has 5 heteroatoms. The minimum absolute atomic E-state index is 0.378. The summed E-state index contributed by atoms with van der Waals surface area (Å²) in [5.41, 5.74) is 1.78. The van der Waals surface area contributed by atoms with Gasteiger partial charge in [0.2, 0.25) is 5.95 Å². The van der Waals surface area contributed by atoms with Gasteiger partial charge in [0.15, 0.2) is 0 Å². The van der Waals surface area contributed by atoms with Crippen LogP contribution in [0.1, 0.15) is 32.8 Å². The summed E-state index contributed by atoms with van der Waals surface area (Å²) in [6.45, 7) is 6.33. The van der Waals surface area contributed by atoms with Crippen molar-refractivity contribution in [3.63, 3.8) is 0 Å². The highest BCUT2D eigenvalue weighted by Crippen LogP contribution is 2.19. The Balaban J connectivity index is 1.97. The van der Waals surface area contributed by atoms with Gasteiger partial charge in [-0.15, -0.1) is 11.8 Å². The van der Waals surface area contributed by atoms with Gasteiger partial charge in [-0.2, -0.15) is 0 Å². The highest BCUT2D eigenvalue weighted by Gasteiger charge is 2.08. The molecule has 1 aliphatic rings. The third-order valence-corrected chi connectivity index (χ3v) is 3.63. The van der Waals surface area contributed by atoms with E-state index in [1.807, 2.05) is 5.41 Å². The van der Waals surface area contributed by atoms with Gasteiger partial charge in [-0.1, -0.05) is 12.8 Å². The molecule has 0 fully saturated rings.